The average Bonchev–Trinajstić information content (AvgIpc) is 3.09. The highest BCUT2D eigenvalue weighted by Gasteiger charge is 2.31. The van der Waals surface area contributed by atoms with E-state index in [1.54, 1.807) is 24.0 Å². The lowest BCUT2D eigenvalue weighted by atomic mass is 10.1. The summed E-state index contributed by atoms with van der Waals surface area (Å²) in [4.78, 5) is 25.6. The number of fused-ring (bicyclic) bond motifs is 1. The summed E-state index contributed by atoms with van der Waals surface area (Å²) in [6, 6.07) is 5.40. The van der Waals surface area contributed by atoms with Crippen molar-refractivity contribution in [2.45, 2.75) is 37.5 Å². The second-order valence-electron chi connectivity index (χ2n) is 6.70. The van der Waals surface area contributed by atoms with E-state index in [0.717, 1.165) is 24.8 Å². The molecule has 0 radical (unpaired) electrons. The molecular weight excluding hydrogens is 354 g/mol. The molecule has 0 spiro atoms. The van der Waals surface area contributed by atoms with Crippen LogP contribution in [-0.4, -0.2) is 62.2 Å². The Kier molecular flexibility index (Phi) is 5.62. The van der Waals surface area contributed by atoms with Crippen molar-refractivity contribution in [3.05, 3.63) is 29.3 Å². The number of amides is 2. The van der Waals surface area contributed by atoms with Crippen LogP contribution in [-0.2, 0) is 32.5 Å². The number of piperazine rings is 1. The van der Waals surface area contributed by atoms with Crippen LogP contribution < -0.4 is 5.32 Å². The number of sulfonamides is 1. The van der Waals surface area contributed by atoms with Gasteiger partial charge in [-0.05, 0) is 49.4 Å². The summed E-state index contributed by atoms with van der Waals surface area (Å²) in [5.41, 5.74) is 2.37. The Morgan fingerprint density at radius 2 is 1.77 bits per heavy atom. The second-order valence-corrected chi connectivity index (χ2v) is 8.64. The van der Waals surface area contributed by atoms with Crippen LogP contribution in [0.25, 0.3) is 0 Å². The molecule has 1 heterocycles. The fourth-order valence-corrected chi connectivity index (χ4v) is 5.02. The molecular formula is C18H25N3O4S. The molecule has 0 unspecified atom stereocenters. The maximum absolute atomic E-state index is 12.9. The number of hydrogen-bond donors (Lipinski definition) is 1. The van der Waals surface area contributed by atoms with Gasteiger partial charge < -0.3 is 10.2 Å². The van der Waals surface area contributed by atoms with Gasteiger partial charge in [-0.2, -0.15) is 4.31 Å². The van der Waals surface area contributed by atoms with Gasteiger partial charge in [-0.1, -0.05) is 6.07 Å². The highest BCUT2D eigenvalue weighted by Crippen LogP contribution is 2.26. The molecule has 1 aromatic rings. The van der Waals surface area contributed by atoms with Crippen molar-refractivity contribution in [3.8, 4) is 0 Å². The number of aryl methyl sites for hydroxylation is 2. The van der Waals surface area contributed by atoms with Crippen LogP contribution in [0, 0.1) is 0 Å². The predicted molar refractivity (Wildman–Crippen MR) is 97.1 cm³/mol. The molecule has 2 aliphatic rings. The Morgan fingerprint density at radius 3 is 2.46 bits per heavy atom. The van der Waals surface area contributed by atoms with Gasteiger partial charge in [-0.15, -0.1) is 0 Å². The number of rotatable bonds is 5. The molecule has 0 saturated carbocycles. The van der Waals surface area contributed by atoms with Gasteiger partial charge in [0.25, 0.3) is 0 Å². The summed E-state index contributed by atoms with van der Waals surface area (Å²) in [6.07, 6.45) is 2.83. The monoisotopic (exact) mass is 379 g/mol. The first-order valence-electron chi connectivity index (χ1n) is 9.08. The van der Waals surface area contributed by atoms with Gasteiger partial charge in [-0.3, -0.25) is 9.59 Å². The quantitative estimate of drug-likeness (QED) is 0.757. The molecule has 1 N–H and O–H groups in total. The van der Waals surface area contributed by atoms with Crippen molar-refractivity contribution >= 4 is 21.8 Å². The van der Waals surface area contributed by atoms with E-state index in [0.29, 0.717) is 24.5 Å². The van der Waals surface area contributed by atoms with Gasteiger partial charge in [0.1, 0.15) is 6.42 Å². The van der Waals surface area contributed by atoms with Crippen LogP contribution in [0.1, 0.15) is 30.9 Å². The van der Waals surface area contributed by atoms with E-state index in [2.05, 4.69) is 5.32 Å². The topological polar surface area (TPSA) is 86.8 Å². The van der Waals surface area contributed by atoms with Crippen molar-refractivity contribution in [2.75, 3.05) is 32.7 Å². The molecule has 7 nitrogen and oxygen atoms in total. The van der Waals surface area contributed by atoms with Gasteiger partial charge >= 0.3 is 0 Å². The number of carbonyl (C=O) groups is 2. The molecule has 0 atom stereocenters. The molecule has 3 rings (SSSR count). The summed E-state index contributed by atoms with van der Waals surface area (Å²) in [5.74, 6) is -0.559. The molecule has 8 heteroatoms. The van der Waals surface area contributed by atoms with E-state index in [-0.39, 0.29) is 31.3 Å². The first-order chi connectivity index (χ1) is 12.4. The summed E-state index contributed by atoms with van der Waals surface area (Å²) >= 11 is 0. The van der Waals surface area contributed by atoms with Crippen molar-refractivity contribution in [2.24, 2.45) is 0 Å². The van der Waals surface area contributed by atoms with Gasteiger partial charge in [0.2, 0.25) is 21.8 Å². The number of benzene rings is 1. The number of nitrogens with zero attached hydrogens (tertiary/aromatic N) is 2. The molecule has 1 fully saturated rings. The maximum atomic E-state index is 12.9. The molecule has 1 saturated heterocycles. The minimum absolute atomic E-state index is 0.189. The van der Waals surface area contributed by atoms with E-state index < -0.39 is 10.0 Å². The zero-order chi connectivity index (χ0) is 18.7. The highest BCUT2D eigenvalue weighted by molar-refractivity contribution is 7.89. The molecule has 26 heavy (non-hydrogen) atoms. The van der Waals surface area contributed by atoms with Gasteiger partial charge in [0.15, 0.2) is 0 Å². The minimum Gasteiger partial charge on any atom is -0.356 e. The summed E-state index contributed by atoms with van der Waals surface area (Å²) < 4.78 is 27.2. The van der Waals surface area contributed by atoms with E-state index in [1.165, 1.54) is 9.87 Å². The maximum Gasteiger partial charge on any atom is 0.243 e. The Morgan fingerprint density at radius 1 is 1.08 bits per heavy atom. The zero-order valence-corrected chi connectivity index (χ0v) is 15.8. The Labute approximate surface area is 154 Å². The molecule has 2 amide bonds. The zero-order valence-electron chi connectivity index (χ0n) is 15.0. The van der Waals surface area contributed by atoms with Crippen LogP contribution in [0.3, 0.4) is 0 Å². The SMILES string of the molecule is CCNC(=O)CC(=O)N1CCN(S(=O)(=O)c2ccc3c(c2)CCC3)CC1. The third-order valence-electron chi connectivity index (χ3n) is 4.98. The third kappa shape index (κ3) is 3.91. The second kappa shape index (κ2) is 7.75. The van der Waals surface area contributed by atoms with Crippen LogP contribution in [0.2, 0.25) is 0 Å². The molecule has 1 aromatic carbocycles. The standard InChI is InChI=1S/C18H25N3O4S/c1-2-19-17(22)13-18(23)20-8-10-21(11-9-20)26(24,25)16-7-6-14-4-3-5-15(14)12-16/h6-7,12H,2-5,8-11,13H2,1H3,(H,19,22). The molecule has 0 aromatic heterocycles. The van der Waals surface area contributed by atoms with E-state index in [4.69, 9.17) is 0 Å². The molecule has 0 bridgehead atoms. The van der Waals surface area contributed by atoms with Gasteiger partial charge in [-0.25, -0.2) is 8.42 Å². The summed E-state index contributed by atoms with van der Waals surface area (Å²) in [5, 5.41) is 2.60. The molecule has 1 aliphatic carbocycles. The lowest BCUT2D eigenvalue weighted by molar-refractivity contribution is -0.136. The number of carbonyl (C=O) groups excluding carboxylic acids is 2. The smallest absolute Gasteiger partial charge is 0.243 e. The lowest BCUT2D eigenvalue weighted by Gasteiger charge is -2.34. The van der Waals surface area contributed by atoms with Crippen LogP contribution >= 0.6 is 0 Å². The summed E-state index contributed by atoms with van der Waals surface area (Å²) in [6.45, 7) is 3.40. The van der Waals surface area contributed by atoms with Crippen molar-refractivity contribution in [1.29, 1.82) is 0 Å². The first-order valence-corrected chi connectivity index (χ1v) is 10.5. The normalized spacial score (nSPS) is 17.8. The largest absolute Gasteiger partial charge is 0.356 e. The fraction of sp³-hybridized carbons (Fsp3) is 0.556. The van der Waals surface area contributed by atoms with Gasteiger partial charge in [0.05, 0.1) is 4.90 Å². The minimum atomic E-state index is -3.55. The average molecular weight is 379 g/mol. The number of nitrogens with one attached hydrogen (secondary N) is 1. The van der Waals surface area contributed by atoms with Crippen molar-refractivity contribution in [3.63, 3.8) is 0 Å². The summed E-state index contributed by atoms with van der Waals surface area (Å²) in [7, 11) is -3.55. The van der Waals surface area contributed by atoms with Crippen molar-refractivity contribution in [1.82, 2.24) is 14.5 Å². The number of hydrogen-bond acceptors (Lipinski definition) is 4. The first kappa shape index (κ1) is 18.8. The molecule has 1 aliphatic heterocycles. The Balaban J connectivity index is 1.62. The lowest BCUT2D eigenvalue weighted by Crippen LogP contribution is -2.51. The fourth-order valence-electron chi connectivity index (χ4n) is 3.54. The van der Waals surface area contributed by atoms with E-state index >= 15 is 0 Å². The van der Waals surface area contributed by atoms with Gasteiger partial charge in [0, 0.05) is 32.7 Å². The Bertz CT molecular complexity index is 799. The third-order valence-corrected chi connectivity index (χ3v) is 6.88. The van der Waals surface area contributed by atoms with Crippen LogP contribution in [0.5, 0.6) is 0 Å². The Hall–Kier alpha value is -1.93. The van der Waals surface area contributed by atoms with Crippen molar-refractivity contribution < 1.29 is 18.0 Å². The predicted octanol–water partition coefficient (Wildman–Crippen LogP) is 0.534. The van der Waals surface area contributed by atoms with Crippen LogP contribution in [0.4, 0.5) is 0 Å². The van der Waals surface area contributed by atoms with Crippen LogP contribution in [0.15, 0.2) is 23.1 Å². The molecule has 142 valence electrons. The van der Waals surface area contributed by atoms with E-state index in [9.17, 15) is 18.0 Å². The van der Waals surface area contributed by atoms with E-state index in [1.807, 2.05) is 6.07 Å². The highest BCUT2D eigenvalue weighted by atomic mass is 32.2.